The molecule has 1 heterocycles. The summed E-state index contributed by atoms with van der Waals surface area (Å²) in [5, 5.41) is 7.56. The molecule has 0 aliphatic rings. The minimum absolute atomic E-state index is 0.460. The van der Waals surface area contributed by atoms with E-state index in [1.165, 1.54) is 10.8 Å². The maximum absolute atomic E-state index is 10.7. The molecule has 0 bridgehead atoms. The first kappa shape index (κ1) is 10.3. The fourth-order valence-electron chi connectivity index (χ4n) is 2.69. The molecule has 3 heteroatoms. The molecule has 3 aromatic carbocycles. The van der Waals surface area contributed by atoms with Gasteiger partial charge in [-0.1, -0.05) is 36.4 Å². The van der Waals surface area contributed by atoms with Crippen molar-refractivity contribution in [1.82, 2.24) is 4.98 Å². The lowest BCUT2D eigenvalue weighted by Gasteiger charge is -1.98. The Hall–Kier alpha value is -2.68. The van der Waals surface area contributed by atoms with Crippen molar-refractivity contribution in [3.8, 4) is 0 Å². The van der Waals surface area contributed by atoms with Crippen LogP contribution in [0.1, 0.15) is 0 Å². The van der Waals surface area contributed by atoms with Crippen LogP contribution in [-0.4, -0.2) is 4.98 Å². The molecule has 4 aromatic rings. The number of fused-ring (bicyclic) bond motifs is 5. The van der Waals surface area contributed by atoms with Crippen molar-refractivity contribution in [3.05, 3.63) is 59.5 Å². The first-order valence-electron chi connectivity index (χ1n) is 6.13. The molecule has 1 N–H and O–H groups in total. The van der Waals surface area contributed by atoms with Crippen LogP contribution in [0.25, 0.3) is 32.6 Å². The normalized spacial score (nSPS) is 11.4. The van der Waals surface area contributed by atoms with Gasteiger partial charge in [0, 0.05) is 21.7 Å². The number of hydrogen-bond acceptors (Lipinski definition) is 2. The monoisotopic (exact) mass is 246 g/mol. The van der Waals surface area contributed by atoms with Crippen molar-refractivity contribution in [2.45, 2.75) is 0 Å². The van der Waals surface area contributed by atoms with E-state index in [0.717, 1.165) is 21.8 Å². The Kier molecular flexibility index (Phi) is 1.97. The van der Waals surface area contributed by atoms with E-state index < -0.39 is 0 Å². The number of aromatic nitrogens is 1. The van der Waals surface area contributed by atoms with Gasteiger partial charge < -0.3 is 4.98 Å². The highest BCUT2D eigenvalue weighted by atomic mass is 16.3. The highest BCUT2D eigenvalue weighted by Crippen LogP contribution is 2.32. The standard InChI is InChI=1S/C16H10N2O/c19-18-11-6-8-15-14(9-11)13-7-5-10-3-1-2-4-12(10)16(13)17-15/h1-9,17H. The number of rotatable bonds is 1. The maximum atomic E-state index is 10.7. The predicted octanol–water partition coefficient (Wildman–Crippen LogP) is 4.87. The van der Waals surface area contributed by atoms with Crippen LogP contribution in [0.5, 0.6) is 0 Å². The quantitative estimate of drug-likeness (QED) is 0.478. The van der Waals surface area contributed by atoms with Crippen LogP contribution in [0.3, 0.4) is 0 Å². The summed E-state index contributed by atoms with van der Waals surface area (Å²) in [6, 6.07) is 17.9. The molecule has 19 heavy (non-hydrogen) atoms. The Bertz CT molecular complexity index is 937. The van der Waals surface area contributed by atoms with Gasteiger partial charge in [-0.05, 0) is 28.8 Å². The van der Waals surface area contributed by atoms with Gasteiger partial charge in [0.2, 0.25) is 0 Å². The molecular weight excluding hydrogens is 236 g/mol. The van der Waals surface area contributed by atoms with Gasteiger partial charge in [0.1, 0.15) is 5.69 Å². The Balaban J connectivity index is 2.24. The molecule has 0 spiro atoms. The maximum Gasteiger partial charge on any atom is 0.108 e. The zero-order chi connectivity index (χ0) is 12.8. The third kappa shape index (κ3) is 1.38. The molecule has 0 saturated carbocycles. The van der Waals surface area contributed by atoms with E-state index in [2.05, 4.69) is 34.4 Å². The number of benzene rings is 3. The van der Waals surface area contributed by atoms with Crippen LogP contribution in [-0.2, 0) is 0 Å². The Morgan fingerprint density at radius 2 is 1.74 bits per heavy atom. The second-order valence-corrected chi connectivity index (χ2v) is 4.66. The molecular formula is C16H10N2O. The van der Waals surface area contributed by atoms with Crippen LogP contribution in [0.2, 0.25) is 0 Å². The number of nitrogens with zero attached hydrogens (tertiary/aromatic N) is 1. The highest BCUT2D eigenvalue weighted by molar-refractivity contribution is 6.17. The van der Waals surface area contributed by atoms with Gasteiger partial charge in [-0.15, -0.1) is 4.91 Å². The topological polar surface area (TPSA) is 45.2 Å². The van der Waals surface area contributed by atoms with Crippen molar-refractivity contribution in [2.75, 3.05) is 0 Å². The second-order valence-electron chi connectivity index (χ2n) is 4.66. The first-order valence-corrected chi connectivity index (χ1v) is 6.13. The van der Waals surface area contributed by atoms with Crippen LogP contribution in [0, 0.1) is 4.91 Å². The number of nitroso groups, excluding NO2 is 1. The van der Waals surface area contributed by atoms with Gasteiger partial charge in [-0.2, -0.15) is 0 Å². The second kappa shape index (κ2) is 3.65. The van der Waals surface area contributed by atoms with Crippen molar-refractivity contribution in [2.24, 2.45) is 5.18 Å². The van der Waals surface area contributed by atoms with Crippen LogP contribution in [0.15, 0.2) is 59.8 Å². The summed E-state index contributed by atoms with van der Waals surface area (Å²) in [5.74, 6) is 0. The SMILES string of the molecule is O=Nc1ccc2[nH]c3c4ccccc4ccc3c2c1. The van der Waals surface area contributed by atoms with Gasteiger partial charge in [0.15, 0.2) is 0 Å². The number of hydrogen-bond donors (Lipinski definition) is 1. The molecule has 4 rings (SSSR count). The number of aromatic amines is 1. The zero-order valence-electron chi connectivity index (χ0n) is 10.1. The molecule has 1 aromatic heterocycles. The van der Waals surface area contributed by atoms with E-state index in [1.807, 2.05) is 24.3 Å². The summed E-state index contributed by atoms with van der Waals surface area (Å²) in [4.78, 5) is 14.1. The largest absolute Gasteiger partial charge is 0.354 e. The third-order valence-electron chi connectivity index (χ3n) is 3.59. The van der Waals surface area contributed by atoms with Crippen molar-refractivity contribution >= 4 is 38.3 Å². The molecule has 0 aliphatic heterocycles. The van der Waals surface area contributed by atoms with Crippen molar-refractivity contribution in [3.63, 3.8) is 0 Å². The molecule has 0 fully saturated rings. The lowest BCUT2D eigenvalue weighted by Crippen LogP contribution is -1.74. The Labute approximate surface area is 108 Å². The summed E-state index contributed by atoms with van der Waals surface area (Å²) < 4.78 is 0. The van der Waals surface area contributed by atoms with Crippen molar-refractivity contribution < 1.29 is 0 Å². The minimum atomic E-state index is 0.460. The predicted molar refractivity (Wildman–Crippen MR) is 78.8 cm³/mol. The molecule has 0 saturated heterocycles. The van der Waals surface area contributed by atoms with Crippen LogP contribution >= 0.6 is 0 Å². The molecule has 90 valence electrons. The minimum Gasteiger partial charge on any atom is -0.354 e. The van der Waals surface area contributed by atoms with Gasteiger partial charge in [0.25, 0.3) is 0 Å². The average Bonchev–Trinajstić information content (AvgIpc) is 2.85. The summed E-state index contributed by atoms with van der Waals surface area (Å²) in [7, 11) is 0. The number of H-pyrrole nitrogens is 1. The fraction of sp³-hybridized carbons (Fsp3) is 0. The highest BCUT2D eigenvalue weighted by Gasteiger charge is 2.08. The molecule has 0 radical (unpaired) electrons. The van der Waals surface area contributed by atoms with Crippen LogP contribution in [0.4, 0.5) is 5.69 Å². The fourth-order valence-corrected chi connectivity index (χ4v) is 2.69. The zero-order valence-corrected chi connectivity index (χ0v) is 10.1. The van der Waals surface area contributed by atoms with Gasteiger partial charge in [-0.3, -0.25) is 0 Å². The molecule has 0 atom stereocenters. The van der Waals surface area contributed by atoms with E-state index in [-0.39, 0.29) is 0 Å². The lowest BCUT2D eigenvalue weighted by atomic mass is 10.1. The third-order valence-corrected chi connectivity index (χ3v) is 3.59. The lowest BCUT2D eigenvalue weighted by molar-refractivity contribution is 1.50. The first-order chi connectivity index (χ1) is 9.36. The Morgan fingerprint density at radius 1 is 0.842 bits per heavy atom. The summed E-state index contributed by atoms with van der Waals surface area (Å²) in [5.41, 5.74) is 2.59. The van der Waals surface area contributed by atoms with Gasteiger partial charge >= 0.3 is 0 Å². The smallest absolute Gasteiger partial charge is 0.108 e. The van der Waals surface area contributed by atoms with Crippen LogP contribution < -0.4 is 0 Å². The average molecular weight is 246 g/mol. The van der Waals surface area contributed by atoms with E-state index in [9.17, 15) is 4.91 Å². The van der Waals surface area contributed by atoms with Crippen molar-refractivity contribution in [1.29, 1.82) is 0 Å². The molecule has 0 unspecified atom stereocenters. The Morgan fingerprint density at radius 3 is 2.63 bits per heavy atom. The summed E-state index contributed by atoms with van der Waals surface area (Å²) in [6.07, 6.45) is 0. The number of nitrogens with one attached hydrogen (secondary N) is 1. The van der Waals surface area contributed by atoms with Gasteiger partial charge in [-0.25, -0.2) is 0 Å². The molecule has 0 amide bonds. The van der Waals surface area contributed by atoms with E-state index in [4.69, 9.17) is 0 Å². The van der Waals surface area contributed by atoms with E-state index >= 15 is 0 Å². The van der Waals surface area contributed by atoms with Gasteiger partial charge in [0.05, 0.1) is 5.52 Å². The summed E-state index contributed by atoms with van der Waals surface area (Å²) in [6.45, 7) is 0. The molecule has 3 nitrogen and oxygen atoms in total. The molecule has 0 aliphatic carbocycles. The summed E-state index contributed by atoms with van der Waals surface area (Å²) >= 11 is 0. The van der Waals surface area contributed by atoms with E-state index in [1.54, 1.807) is 6.07 Å². The van der Waals surface area contributed by atoms with E-state index in [0.29, 0.717) is 5.69 Å².